The number of hydrogen-bond donors (Lipinski definition) is 1. The molecule has 27 heavy (non-hydrogen) atoms. The number of aromatic nitrogens is 4. The van der Waals surface area contributed by atoms with Crippen molar-refractivity contribution < 1.29 is 0 Å². The third kappa shape index (κ3) is 3.90. The van der Waals surface area contributed by atoms with E-state index in [9.17, 15) is 0 Å². The van der Waals surface area contributed by atoms with Crippen LogP contribution in [0.25, 0.3) is 10.7 Å². The second kappa shape index (κ2) is 7.41. The van der Waals surface area contributed by atoms with Crippen molar-refractivity contribution in [1.29, 1.82) is 5.26 Å². The third-order valence-corrected chi connectivity index (χ3v) is 6.43. The molecule has 0 saturated heterocycles. The van der Waals surface area contributed by atoms with Gasteiger partial charge in [-0.3, -0.25) is 5.10 Å². The summed E-state index contributed by atoms with van der Waals surface area (Å²) in [5.74, 6) is 1.31. The van der Waals surface area contributed by atoms with Crippen molar-refractivity contribution in [2.45, 2.75) is 50.9 Å². The number of thiophene rings is 1. The maximum absolute atomic E-state index is 9.10. The van der Waals surface area contributed by atoms with Gasteiger partial charge in [-0.15, -0.1) is 11.3 Å². The molecule has 0 radical (unpaired) electrons. The van der Waals surface area contributed by atoms with Crippen molar-refractivity contribution in [2.75, 3.05) is 0 Å². The third-order valence-electron chi connectivity index (χ3n) is 4.88. The summed E-state index contributed by atoms with van der Waals surface area (Å²) in [5, 5.41) is 17.3. The molecule has 0 spiro atoms. The van der Waals surface area contributed by atoms with Gasteiger partial charge in [0.05, 0.1) is 33.3 Å². The fourth-order valence-electron chi connectivity index (χ4n) is 3.11. The van der Waals surface area contributed by atoms with Gasteiger partial charge >= 0.3 is 0 Å². The summed E-state index contributed by atoms with van der Waals surface area (Å²) in [6, 6.07) is 8.38. The molecule has 2 atom stereocenters. The molecule has 1 saturated carbocycles. The molecule has 138 valence electrons. The molecule has 1 aliphatic rings. The molecule has 7 heteroatoms. The van der Waals surface area contributed by atoms with Crippen molar-refractivity contribution in [3.63, 3.8) is 0 Å². The van der Waals surface area contributed by atoms with Crippen LogP contribution in [0.4, 0.5) is 0 Å². The first-order valence-electron chi connectivity index (χ1n) is 9.11. The molecule has 0 amide bonds. The largest absolute Gasteiger partial charge is 0.282 e. The second-order valence-corrected chi connectivity index (χ2v) is 8.70. The highest BCUT2D eigenvalue weighted by molar-refractivity contribution is 7.15. The number of rotatable bonds is 6. The molecule has 1 N–H and O–H groups in total. The summed E-state index contributed by atoms with van der Waals surface area (Å²) in [6.07, 6.45) is 4.96. The number of halogens is 1. The lowest BCUT2D eigenvalue weighted by Gasteiger charge is -2.12. The normalized spacial score (nSPS) is 16.1. The molecule has 0 aromatic carbocycles. The van der Waals surface area contributed by atoms with Gasteiger partial charge in [0.15, 0.2) is 5.82 Å². The van der Waals surface area contributed by atoms with Crippen molar-refractivity contribution in [2.24, 2.45) is 0 Å². The van der Waals surface area contributed by atoms with Gasteiger partial charge in [0, 0.05) is 28.6 Å². The molecule has 5 nitrogen and oxygen atoms in total. The number of H-pyrrole nitrogens is 1. The van der Waals surface area contributed by atoms with Crippen LogP contribution in [-0.2, 0) is 6.42 Å². The van der Waals surface area contributed by atoms with E-state index >= 15 is 0 Å². The zero-order valence-corrected chi connectivity index (χ0v) is 16.8. The zero-order valence-electron chi connectivity index (χ0n) is 15.2. The SMILES string of the molecule is CC(C#N)c1ccc(-c2ncc(Cl)c(C(C)Cc3cc(C4CC4)n[nH]3)n2)s1. The van der Waals surface area contributed by atoms with Gasteiger partial charge in [-0.2, -0.15) is 10.4 Å². The number of nitriles is 1. The Kier molecular flexibility index (Phi) is 4.98. The second-order valence-electron chi connectivity index (χ2n) is 7.18. The summed E-state index contributed by atoms with van der Waals surface area (Å²) >= 11 is 7.95. The van der Waals surface area contributed by atoms with Crippen LogP contribution in [0, 0.1) is 11.3 Å². The number of nitrogens with one attached hydrogen (secondary N) is 1. The molecular formula is C20H20ClN5S. The molecule has 1 aliphatic carbocycles. The van der Waals surface area contributed by atoms with Crippen LogP contribution in [0.1, 0.15) is 66.4 Å². The number of hydrogen-bond acceptors (Lipinski definition) is 5. The fourth-order valence-corrected chi connectivity index (χ4v) is 4.34. The van der Waals surface area contributed by atoms with Crippen molar-refractivity contribution in [1.82, 2.24) is 20.2 Å². The molecule has 4 rings (SSSR count). The Morgan fingerprint density at radius 3 is 2.93 bits per heavy atom. The van der Waals surface area contributed by atoms with Gasteiger partial charge in [-0.05, 0) is 44.4 Å². The maximum Gasteiger partial charge on any atom is 0.169 e. The lowest BCUT2D eigenvalue weighted by atomic mass is 10.0. The first kappa shape index (κ1) is 18.1. The number of nitrogens with zero attached hydrogens (tertiary/aromatic N) is 4. The molecule has 3 aromatic heterocycles. The Morgan fingerprint density at radius 1 is 1.37 bits per heavy atom. The van der Waals surface area contributed by atoms with Crippen LogP contribution in [0.5, 0.6) is 0 Å². The maximum atomic E-state index is 9.10. The van der Waals surface area contributed by atoms with E-state index in [-0.39, 0.29) is 11.8 Å². The van der Waals surface area contributed by atoms with E-state index < -0.39 is 0 Å². The standard InChI is InChI=1S/C20H20ClN5S/c1-11(7-14-8-16(26-25-14)13-3-4-13)19-15(21)10-23-20(24-19)18-6-5-17(27-18)12(2)9-22/h5-6,8,10-13H,3-4,7H2,1-2H3,(H,25,26). The van der Waals surface area contributed by atoms with Gasteiger partial charge in [0.2, 0.25) is 0 Å². The highest BCUT2D eigenvalue weighted by Gasteiger charge is 2.26. The van der Waals surface area contributed by atoms with Crippen molar-refractivity contribution in [3.8, 4) is 16.8 Å². The molecule has 0 bridgehead atoms. The topological polar surface area (TPSA) is 78.2 Å². The summed E-state index contributed by atoms with van der Waals surface area (Å²) in [6.45, 7) is 4.01. The first-order chi connectivity index (χ1) is 13.0. The number of aromatic amines is 1. The lowest BCUT2D eigenvalue weighted by Crippen LogP contribution is -2.04. The molecule has 0 aliphatic heterocycles. The van der Waals surface area contributed by atoms with Gasteiger partial charge in [0.25, 0.3) is 0 Å². The zero-order chi connectivity index (χ0) is 19.0. The Morgan fingerprint density at radius 2 is 2.19 bits per heavy atom. The lowest BCUT2D eigenvalue weighted by molar-refractivity contribution is 0.710. The minimum absolute atomic E-state index is 0.129. The van der Waals surface area contributed by atoms with Crippen LogP contribution in [-0.4, -0.2) is 20.2 Å². The van der Waals surface area contributed by atoms with Crippen LogP contribution in [0.2, 0.25) is 5.02 Å². The van der Waals surface area contributed by atoms with Gasteiger partial charge < -0.3 is 0 Å². The predicted octanol–water partition coefficient (Wildman–Crippen LogP) is 5.43. The average Bonchev–Trinajstić information content (AvgIpc) is 3.21. The van der Waals surface area contributed by atoms with Gasteiger partial charge in [-0.1, -0.05) is 18.5 Å². The van der Waals surface area contributed by atoms with Crippen molar-refractivity contribution >= 4 is 22.9 Å². The monoisotopic (exact) mass is 397 g/mol. The summed E-state index contributed by atoms with van der Waals surface area (Å²) in [7, 11) is 0. The van der Waals surface area contributed by atoms with Crippen LogP contribution < -0.4 is 0 Å². The summed E-state index contributed by atoms with van der Waals surface area (Å²) in [4.78, 5) is 11.1. The predicted molar refractivity (Wildman–Crippen MR) is 107 cm³/mol. The Hall–Kier alpha value is -2.23. The van der Waals surface area contributed by atoms with Gasteiger partial charge in [0.1, 0.15) is 0 Å². The molecule has 2 unspecified atom stereocenters. The first-order valence-corrected chi connectivity index (χ1v) is 10.3. The average molecular weight is 398 g/mol. The van der Waals surface area contributed by atoms with E-state index in [2.05, 4.69) is 34.2 Å². The van der Waals surface area contributed by atoms with E-state index in [1.54, 1.807) is 17.5 Å². The van der Waals surface area contributed by atoms with E-state index in [1.165, 1.54) is 18.5 Å². The summed E-state index contributed by atoms with van der Waals surface area (Å²) in [5.41, 5.74) is 3.12. The van der Waals surface area contributed by atoms with Crippen LogP contribution >= 0.6 is 22.9 Å². The van der Waals surface area contributed by atoms with Crippen LogP contribution in [0.15, 0.2) is 24.4 Å². The van der Waals surface area contributed by atoms with E-state index in [4.69, 9.17) is 21.8 Å². The molecule has 3 aromatic rings. The molecular weight excluding hydrogens is 378 g/mol. The Balaban J connectivity index is 1.55. The van der Waals surface area contributed by atoms with E-state index in [0.717, 1.165) is 27.6 Å². The fraction of sp³-hybridized carbons (Fsp3) is 0.400. The smallest absolute Gasteiger partial charge is 0.169 e. The Labute approximate surface area is 167 Å². The molecule has 1 fully saturated rings. The minimum atomic E-state index is -0.129. The van der Waals surface area contributed by atoms with E-state index in [1.807, 2.05) is 19.1 Å². The van der Waals surface area contributed by atoms with E-state index in [0.29, 0.717) is 16.8 Å². The highest BCUT2D eigenvalue weighted by Crippen LogP contribution is 2.39. The quantitative estimate of drug-likeness (QED) is 0.601. The van der Waals surface area contributed by atoms with Crippen molar-refractivity contribution in [3.05, 3.63) is 51.4 Å². The summed E-state index contributed by atoms with van der Waals surface area (Å²) < 4.78 is 0. The highest BCUT2D eigenvalue weighted by atomic mass is 35.5. The Bertz CT molecular complexity index is 998. The molecule has 3 heterocycles. The van der Waals surface area contributed by atoms with Crippen LogP contribution in [0.3, 0.4) is 0 Å². The minimum Gasteiger partial charge on any atom is -0.282 e. The van der Waals surface area contributed by atoms with Gasteiger partial charge in [-0.25, -0.2) is 9.97 Å².